The highest BCUT2D eigenvalue weighted by atomic mass is 32.2. The molecule has 4 rings (SSSR count). The third-order valence-corrected chi connectivity index (χ3v) is 5.57. The lowest BCUT2D eigenvalue weighted by atomic mass is 10.1. The Morgan fingerprint density at radius 2 is 1.62 bits per heavy atom. The summed E-state index contributed by atoms with van der Waals surface area (Å²) in [5, 5.41) is 6.38. The van der Waals surface area contributed by atoms with Gasteiger partial charge in [0.05, 0.1) is 6.26 Å². The summed E-state index contributed by atoms with van der Waals surface area (Å²) in [5.41, 5.74) is 3.43. The first kappa shape index (κ1) is 21.3. The van der Waals surface area contributed by atoms with Crippen LogP contribution in [-0.4, -0.2) is 21.8 Å². The average Bonchev–Trinajstić information content (AvgIpc) is 3.33. The van der Waals surface area contributed by atoms with Crippen LogP contribution in [-0.2, 0) is 0 Å². The molecule has 2 N–H and O–H groups in total. The molecule has 0 atom stereocenters. The summed E-state index contributed by atoms with van der Waals surface area (Å²) < 4.78 is 5.12. The van der Waals surface area contributed by atoms with E-state index in [1.165, 1.54) is 18.0 Å². The smallest absolute Gasteiger partial charge is 0.291 e. The van der Waals surface area contributed by atoms with Crippen LogP contribution in [0.3, 0.4) is 0 Å². The highest BCUT2D eigenvalue weighted by Crippen LogP contribution is 2.28. The fourth-order valence-corrected chi connectivity index (χ4v) is 3.78. The second-order valence-corrected chi connectivity index (χ2v) is 8.07. The van der Waals surface area contributed by atoms with Gasteiger partial charge in [-0.1, -0.05) is 6.07 Å². The molecule has 160 valence electrons. The molecular weight excluding hydrogens is 424 g/mol. The monoisotopic (exact) mass is 444 g/mol. The molecule has 8 heteroatoms. The predicted octanol–water partition coefficient (Wildman–Crippen LogP) is 5.34. The molecule has 0 bridgehead atoms. The topological polar surface area (TPSA) is 97.1 Å². The van der Waals surface area contributed by atoms with Gasteiger partial charge in [-0.15, -0.1) is 0 Å². The first-order chi connectivity index (χ1) is 15.5. The van der Waals surface area contributed by atoms with E-state index in [0.717, 1.165) is 16.0 Å². The molecule has 32 heavy (non-hydrogen) atoms. The van der Waals surface area contributed by atoms with Crippen molar-refractivity contribution in [3.8, 4) is 0 Å². The predicted molar refractivity (Wildman–Crippen MR) is 123 cm³/mol. The number of amides is 2. The number of aromatic nitrogens is 2. The van der Waals surface area contributed by atoms with Crippen molar-refractivity contribution in [3.05, 3.63) is 95.7 Å². The number of carbonyl (C=O) groups excluding carboxylic acids is 2. The Balaban J connectivity index is 1.47. The number of nitrogens with one attached hydrogen (secondary N) is 2. The van der Waals surface area contributed by atoms with Crippen LogP contribution in [0.4, 0.5) is 11.4 Å². The van der Waals surface area contributed by atoms with Crippen molar-refractivity contribution in [2.24, 2.45) is 0 Å². The Hall–Kier alpha value is -3.91. The SMILES string of the molecule is Cc1cc(Sc2ncccn2)ccc1NC(=O)c1ccc(C)c(NC(=O)c2ccco2)c1. The maximum absolute atomic E-state index is 12.9. The molecule has 2 heterocycles. The third-order valence-electron chi connectivity index (χ3n) is 4.69. The van der Waals surface area contributed by atoms with Crippen molar-refractivity contribution < 1.29 is 14.0 Å². The molecule has 7 nitrogen and oxygen atoms in total. The lowest BCUT2D eigenvalue weighted by Crippen LogP contribution is -2.15. The molecule has 0 aliphatic carbocycles. The van der Waals surface area contributed by atoms with Crippen LogP contribution in [0.5, 0.6) is 0 Å². The van der Waals surface area contributed by atoms with E-state index in [1.54, 1.807) is 48.8 Å². The molecule has 0 radical (unpaired) electrons. The fourth-order valence-electron chi connectivity index (χ4n) is 2.97. The number of hydrogen-bond acceptors (Lipinski definition) is 6. The van der Waals surface area contributed by atoms with E-state index in [0.29, 0.717) is 22.1 Å². The molecule has 0 saturated heterocycles. The standard InChI is InChI=1S/C24H20N4O3S/c1-15-6-7-17(14-20(15)28-23(30)21-5-3-12-31-21)22(29)27-19-9-8-18(13-16(19)2)32-24-25-10-4-11-26-24/h3-14H,1-2H3,(H,27,29)(H,28,30). The van der Waals surface area contributed by atoms with Gasteiger partial charge in [0.15, 0.2) is 10.9 Å². The summed E-state index contributed by atoms with van der Waals surface area (Å²) >= 11 is 1.45. The molecule has 0 fully saturated rings. The van der Waals surface area contributed by atoms with E-state index in [4.69, 9.17) is 4.42 Å². The largest absolute Gasteiger partial charge is 0.459 e. The number of rotatable bonds is 6. The summed E-state index contributed by atoms with van der Waals surface area (Å²) in [5.74, 6) is -0.441. The minimum atomic E-state index is -0.373. The van der Waals surface area contributed by atoms with Crippen LogP contribution in [0.25, 0.3) is 0 Å². The van der Waals surface area contributed by atoms with E-state index in [9.17, 15) is 9.59 Å². The van der Waals surface area contributed by atoms with Crippen molar-refractivity contribution in [3.63, 3.8) is 0 Å². The van der Waals surface area contributed by atoms with Crippen molar-refractivity contribution in [2.45, 2.75) is 23.9 Å². The summed E-state index contributed by atoms with van der Waals surface area (Å²) in [6.07, 6.45) is 4.83. The number of carbonyl (C=O) groups is 2. The number of anilines is 2. The zero-order valence-corrected chi connectivity index (χ0v) is 18.3. The number of aryl methyl sites for hydroxylation is 2. The highest BCUT2D eigenvalue weighted by molar-refractivity contribution is 7.99. The molecule has 2 aromatic heterocycles. The van der Waals surface area contributed by atoms with Crippen LogP contribution in [0.1, 0.15) is 32.0 Å². The van der Waals surface area contributed by atoms with Gasteiger partial charge in [-0.3, -0.25) is 9.59 Å². The van der Waals surface area contributed by atoms with E-state index < -0.39 is 0 Å². The molecule has 0 saturated carbocycles. The highest BCUT2D eigenvalue weighted by Gasteiger charge is 2.14. The lowest BCUT2D eigenvalue weighted by molar-refractivity contribution is 0.0993. The fraction of sp³-hybridized carbons (Fsp3) is 0.0833. The van der Waals surface area contributed by atoms with Crippen molar-refractivity contribution in [1.82, 2.24) is 9.97 Å². The zero-order valence-electron chi connectivity index (χ0n) is 17.5. The van der Waals surface area contributed by atoms with E-state index >= 15 is 0 Å². The Morgan fingerprint density at radius 1 is 0.844 bits per heavy atom. The van der Waals surface area contributed by atoms with Crippen LogP contribution >= 0.6 is 11.8 Å². The molecule has 2 aromatic carbocycles. The molecule has 0 unspecified atom stereocenters. The molecule has 0 aliphatic rings. The normalized spacial score (nSPS) is 10.6. The molecule has 2 amide bonds. The quantitative estimate of drug-likeness (QED) is 0.390. The van der Waals surface area contributed by atoms with Gasteiger partial charge >= 0.3 is 0 Å². The second kappa shape index (κ2) is 9.49. The molecular formula is C24H20N4O3S. The maximum atomic E-state index is 12.9. The van der Waals surface area contributed by atoms with Gasteiger partial charge in [0.1, 0.15) is 0 Å². The molecule has 4 aromatic rings. The van der Waals surface area contributed by atoms with Crippen LogP contribution in [0.15, 0.2) is 87.7 Å². The van der Waals surface area contributed by atoms with Gasteiger partial charge < -0.3 is 15.1 Å². The second-order valence-electron chi connectivity index (χ2n) is 7.03. The lowest BCUT2D eigenvalue weighted by Gasteiger charge is -2.12. The minimum Gasteiger partial charge on any atom is -0.459 e. The van der Waals surface area contributed by atoms with Crippen molar-refractivity contribution >= 4 is 35.0 Å². The Labute approximate surface area is 189 Å². The molecule has 0 spiro atoms. The van der Waals surface area contributed by atoms with Crippen LogP contribution in [0.2, 0.25) is 0 Å². The first-order valence-electron chi connectivity index (χ1n) is 9.82. The average molecular weight is 445 g/mol. The molecule has 0 aliphatic heterocycles. The van der Waals surface area contributed by atoms with E-state index in [1.807, 2.05) is 32.0 Å². The minimum absolute atomic E-state index is 0.203. The van der Waals surface area contributed by atoms with Gasteiger partial charge in [0.25, 0.3) is 11.8 Å². The Morgan fingerprint density at radius 3 is 2.34 bits per heavy atom. The van der Waals surface area contributed by atoms with Gasteiger partial charge in [-0.05, 0) is 85.3 Å². The maximum Gasteiger partial charge on any atom is 0.291 e. The van der Waals surface area contributed by atoms with E-state index in [-0.39, 0.29) is 17.6 Å². The number of hydrogen-bond donors (Lipinski definition) is 2. The van der Waals surface area contributed by atoms with Crippen molar-refractivity contribution in [2.75, 3.05) is 10.6 Å². The van der Waals surface area contributed by atoms with Gasteiger partial charge in [0, 0.05) is 34.2 Å². The summed E-state index contributed by atoms with van der Waals surface area (Å²) in [6.45, 7) is 3.78. The number of furan rings is 1. The van der Waals surface area contributed by atoms with Crippen molar-refractivity contribution in [1.29, 1.82) is 0 Å². The Kier molecular flexibility index (Phi) is 6.32. The summed E-state index contributed by atoms with van der Waals surface area (Å²) in [4.78, 5) is 34.5. The third kappa shape index (κ3) is 5.04. The summed E-state index contributed by atoms with van der Waals surface area (Å²) in [7, 11) is 0. The van der Waals surface area contributed by atoms with Crippen LogP contribution < -0.4 is 10.6 Å². The summed E-state index contributed by atoms with van der Waals surface area (Å²) in [6, 6.07) is 15.9. The number of nitrogens with zero attached hydrogens (tertiary/aromatic N) is 2. The van der Waals surface area contributed by atoms with Crippen LogP contribution in [0, 0.1) is 13.8 Å². The zero-order chi connectivity index (χ0) is 22.5. The van der Waals surface area contributed by atoms with Gasteiger partial charge in [0.2, 0.25) is 0 Å². The first-order valence-corrected chi connectivity index (χ1v) is 10.6. The van der Waals surface area contributed by atoms with Gasteiger partial charge in [-0.25, -0.2) is 9.97 Å². The van der Waals surface area contributed by atoms with Gasteiger partial charge in [-0.2, -0.15) is 0 Å². The van der Waals surface area contributed by atoms with E-state index in [2.05, 4.69) is 20.6 Å². The Bertz CT molecular complexity index is 1260. The number of benzene rings is 2.